The third kappa shape index (κ3) is 2.32. The van der Waals surface area contributed by atoms with Crippen LogP contribution in [0.3, 0.4) is 0 Å². The topological polar surface area (TPSA) is 60.9 Å². The maximum absolute atomic E-state index is 9.88. The average Bonchev–Trinajstić information content (AvgIpc) is 2.78. The summed E-state index contributed by atoms with van der Waals surface area (Å²) in [5.74, 6) is 1.22. The van der Waals surface area contributed by atoms with Crippen LogP contribution in [-0.4, -0.2) is 15.1 Å². The molecule has 1 heterocycles. The molecule has 4 heteroatoms. The fourth-order valence-electron chi connectivity index (χ4n) is 2.41. The van der Waals surface area contributed by atoms with Crippen molar-refractivity contribution in [3.8, 4) is 5.75 Å². The van der Waals surface area contributed by atoms with Crippen LogP contribution in [0, 0.1) is 6.92 Å². The number of aromatic amines is 1. The minimum absolute atomic E-state index is 0.0256. The first-order valence-electron chi connectivity index (χ1n) is 6.64. The number of aromatic hydroxyl groups is 1. The molecule has 0 radical (unpaired) electrons. The van der Waals surface area contributed by atoms with Gasteiger partial charge in [-0.25, -0.2) is 4.98 Å². The second-order valence-corrected chi connectivity index (χ2v) is 4.98. The first kappa shape index (κ1) is 12.5. The van der Waals surface area contributed by atoms with Crippen LogP contribution in [0.25, 0.3) is 11.0 Å². The molecule has 2 aromatic carbocycles. The van der Waals surface area contributed by atoms with Crippen LogP contribution in [0.15, 0.2) is 42.5 Å². The van der Waals surface area contributed by atoms with Crippen molar-refractivity contribution in [3.63, 3.8) is 0 Å². The number of phenols is 1. The Morgan fingerprint density at radius 3 is 2.80 bits per heavy atom. The number of nitrogens with zero attached hydrogens (tertiary/aromatic N) is 1. The Hall–Kier alpha value is -2.49. The molecule has 3 rings (SSSR count). The third-order valence-electron chi connectivity index (χ3n) is 3.39. The van der Waals surface area contributed by atoms with E-state index < -0.39 is 0 Å². The van der Waals surface area contributed by atoms with Crippen LogP contribution in [-0.2, 0) is 0 Å². The SMILES string of the molecule is Cc1nc2ccc(NC(C)c3ccccc3O)cc2[nH]1. The Labute approximate surface area is 117 Å². The first-order valence-corrected chi connectivity index (χ1v) is 6.64. The second kappa shape index (κ2) is 4.89. The van der Waals surface area contributed by atoms with Gasteiger partial charge in [0.15, 0.2) is 0 Å². The maximum atomic E-state index is 9.88. The van der Waals surface area contributed by atoms with Gasteiger partial charge in [-0.15, -0.1) is 0 Å². The minimum Gasteiger partial charge on any atom is -0.508 e. The van der Waals surface area contributed by atoms with Gasteiger partial charge in [0, 0.05) is 11.3 Å². The van der Waals surface area contributed by atoms with Crippen LogP contribution >= 0.6 is 0 Å². The molecule has 0 aliphatic rings. The molecule has 20 heavy (non-hydrogen) atoms. The van der Waals surface area contributed by atoms with Crippen molar-refractivity contribution in [1.82, 2.24) is 9.97 Å². The smallest absolute Gasteiger partial charge is 0.120 e. The predicted octanol–water partition coefficient (Wildman–Crippen LogP) is 3.75. The highest BCUT2D eigenvalue weighted by Crippen LogP contribution is 2.27. The Morgan fingerprint density at radius 2 is 2.00 bits per heavy atom. The number of para-hydroxylation sites is 1. The highest BCUT2D eigenvalue weighted by molar-refractivity contribution is 5.79. The molecule has 1 atom stereocenters. The van der Waals surface area contributed by atoms with E-state index >= 15 is 0 Å². The van der Waals surface area contributed by atoms with Gasteiger partial charge in [-0.1, -0.05) is 18.2 Å². The molecule has 0 saturated heterocycles. The first-order chi connectivity index (χ1) is 9.63. The zero-order valence-electron chi connectivity index (χ0n) is 11.5. The van der Waals surface area contributed by atoms with Crippen LogP contribution in [0.4, 0.5) is 5.69 Å². The molecule has 1 unspecified atom stereocenters. The Balaban J connectivity index is 1.87. The van der Waals surface area contributed by atoms with Crippen molar-refractivity contribution in [2.75, 3.05) is 5.32 Å². The van der Waals surface area contributed by atoms with Crippen molar-refractivity contribution >= 4 is 16.7 Å². The van der Waals surface area contributed by atoms with E-state index in [1.54, 1.807) is 6.07 Å². The Bertz CT molecular complexity index is 748. The largest absolute Gasteiger partial charge is 0.508 e. The van der Waals surface area contributed by atoms with Crippen LogP contribution in [0.1, 0.15) is 24.4 Å². The lowest BCUT2D eigenvalue weighted by atomic mass is 10.1. The molecule has 0 aliphatic heterocycles. The number of imidazole rings is 1. The van der Waals surface area contributed by atoms with Crippen LogP contribution in [0.5, 0.6) is 5.75 Å². The third-order valence-corrected chi connectivity index (χ3v) is 3.39. The molecule has 0 bridgehead atoms. The summed E-state index contributed by atoms with van der Waals surface area (Å²) in [4.78, 5) is 7.61. The molecule has 0 saturated carbocycles. The maximum Gasteiger partial charge on any atom is 0.120 e. The van der Waals surface area contributed by atoms with Crippen molar-refractivity contribution < 1.29 is 5.11 Å². The summed E-state index contributed by atoms with van der Waals surface area (Å²) in [6.07, 6.45) is 0. The molecule has 0 amide bonds. The Kier molecular flexibility index (Phi) is 3.06. The Morgan fingerprint density at radius 1 is 1.20 bits per heavy atom. The highest BCUT2D eigenvalue weighted by Gasteiger charge is 2.10. The summed E-state index contributed by atoms with van der Waals surface area (Å²) >= 11 is 0. The number of nitrogens with one attached hydrogen (secondary N) is 2. The number of hydrogen-bond acceptors (Lipinski definition) is 3. The quantitative estimate of drug-likeness (QED) is 0.677. The van der Waals surface area contributed by atoms with E-state index in [1.807, 2.05) is 50.2 Å². The number of anilines is 1. The zero-order chi connectivity index (χ0) is 14.1. The molecule has 4 nitrogen and oxygen atoms in total. The van der Waals surface area contributed by atoms with Gasteiger partial charge in [-0.3, -0.25) is 0 Å². The molecule has 3 N–H and O–H groups in total. The lowest BCUT2D eigenvalue weighted by Crippen LogP contribution is -2.06. The standard InChI is InChI=1S/C16H17N3O/c1-10(13-5-3-4-6-16(13)20)17-12-7-8-14-15(9-12)19-11(2)18-14/h3-10,17,20H,1-2H3,(H,18,19). The monoisotopic (exact) mass is 267 g/mol. The molecule has 3 aromatic rings. The fraction of sp³-hybridized carbons (Fsp3) is 0.188. The number of aryl methyl sites for hydroxylation is 1. The van der Waals surface area contributed by atoms with Gasteiger partial charge >= 0.3 is 0 Å². The molecular formula is C16H17N3O. The second-order valence-electron chi connectivity index (χ2n) is 4.98. The van der Waals surface area contributed by atoms with E-state index in [0.717, 1.165) is 28.1 Å². The zero-order valence-corrected chi connectivity index (χ0v) is 11.5. The van der Waals surface area contributed by atoms with E-state index in [-0.39, 0.29) is 6.04 Å². The van der Waals surface area contributed by atoms with Crippen molar-refractivity contribution in [3.05, 3.63) is 53.9 Å². The molecule has 0 spiro atoms. The van der Waals surface area contributed by atoms with E-state index in [0.29, 0.717) is 5.75 Å². The van der Waals surface area contributed by atoms with E-state index in [9.17, 15) is 5.11 Å². The van der Waals surface area contributed by atoms with Crippen molar-refractivity contribution in [2.24, 2.45) is 0 Å². The molecule has 0 aliphatic carbocycles. The van der Waals surface area contributed by atoms with E-state index in [4.69, 9.17) is 0 Å². The normalized spacial score (nSPS) is 12.5. The van der Waals surface area contributed by atoms with E-state index in [2.05, 4.69) is 15.3 Å². The summed E-state index contributed by atoms with van der Waals surface area (Å²) in [5, 5.41) is 13.3. The van der Waals surface area contributed by atoms with Gasteiger partial charge in [-0.05, 0) is 38.1 Å². The van der Waals surface area contributed by atoms with Crippen LogP contribution in [0.2, 0.25) is 0 Å². The summed E-state index contributed by atoms with van der Waals surface area (Å²) in [6, 6.07) is 13.4. The molecule has 102 valence electrons. The number of fused-ring (bicyclic) bond motifs is 1. The van der Waals surface area contributed by atoms with Gasteiger partial charge in [0.2, 0.25) is 0 Å². The van der Waals surface area contributed by atoms with E-state index in [1.165, 1.54) is 0 Å². The molecule has 0 fully saturated rings. The van der Waals surface area contributed by atoms with Crippen LogP contribution < -0.4 is 5.32 Å². The molecular weight excluding hydrogens is 250 g/mol. The fourth-order valence-corrected chi connectivity index (χ4v) is 2.41. The van der Waals surface area contributed by atoms with Crippen molar-refractivity contribution in [1.29, 1.82) is 0 Å². The summed E-state index contributed by atoms with van der Waals surface area (Å²) in [7, 11) is 0. The van der Waals surface area contributed by atoms with Gasteiger partial charge < -0.3 is 15.4 Å². The average molecular weight is 267 g/mol. The number of rotatable bonds is 3. The number of hydrogen-bond donors (Lipinski definition) is 3. The number of H-pyrrole nitrogens is 1. The van der Waals surface area contributed by atoms with Gasteiger partial charge in [-0.2, -0.15) is 0 Å². The summed E-state index contributed by atoms with van der Waals surface area (Å²) in [6.45, 7) is 3.97. The predicted molar refractivity (Wildman–Crippen MR) is 81.0 cm³/mol. The molecule has 1 aromatic heterocycles. The number of aromatic nitrogens is 2. The number of benzene rings is 2. The number of phenolic OH excluding ortho intramolecular Hbond substituents is 1. The lowest BCUT2D eigenvalue weighted by Gasteiger charge is -2.16. The van der Waals surface area contributed by atoms with Gasteiger partial charge in [0.1, 0.15) is 11.6 Å². The highest BCUT2D eigenvalue weighted by atomic mass is 16.3. The van der Waals surface area contributed by atoms with Gasteiger partial charge in [0.05, 0.1) is 17.1 Å². The minimum atomic E-state index is 0.0256. The summed E-state index contributed by atoms with van der Waals surface area (Å²) in [5.41, 5.74) is 3.85. The van der Waals surface area contributed by atoms with Gasteiger partial charge in [0.25, 0.3) is 0 Å². The van der Waals surface area contributed by atoms with Crippen molar-refractivity contribution in [2.45, 2.75) is 19.9 Å². The summed E-state index contributed by atoms with van der Waals surface area (Å²) < 4.78 is 0. The lowest BCUT2D eigenvalue weighted by molar-refractivity contribution is 0.465.